The molecule has 1 nitrogen and oxygen atoms in total. The Labute approximate surface area is 135 Å². The molecule has 1 N–H and O–H groups in total. The van der Waals surface area contributed by atoms with Crippen LogP contribution < -0.4 is 5.32 Å². The van der Waals surface area contributed by atoms with Crippen LogP contribution in [0.4, 0.5) is 4.39 Å². The second-order valence-corrected chi connectivity index (χ2v) is 5.84. The Morgan fingerprint density at radius 3 is 2.48 bits per heavy atom. The highest BCUT2D eigenvalue weighted by atomic mass is 35.5. The van der Waals surface area contributed by atoms with E-state index in [1.807, 2.05) is 24.3 Å². The zero-order valence-corrected chi connectivity index (χ0v) is 13.4. The van der Waals surface area contributed by atoms with Crippen LogP contribution in [0.5, 0.6) is 0 Å². The van der Waals surface area contributed by atoms with Crippen LogP contribution in [0.15, 0.2) is 42.5 Å². The minimum absolute atomic E-state index is 0.224. The maximum Gasteiger partial charge on any atom is 0.123 e. The molecule has 0 spiro atoms. The highest BCUT2D eigenvalue weighted by Crippen LogP contribution is 2.26. The van der Waals surface area contributed by atoms with E-state index in [4.69, 9.17) is 23.2 Å². The van der Waals surface area contributed by atoms with E-state index in [9.17, 15) is 4.39 Å². The Kier molecular flexibility index (Phi) is 6.04. The van der Waals surface area contributed by atoms with Gasteiger partial charge in [-0.15, -0.1) is 0 Å². The minimum atomic E-state index is -0.257. The first-order valence-corrected chi connectivity index (χ1v) is 7.76. The number of likely N-dealkylation sites (N-methyl/N-ethyl adjacent to an activating group) is 1. The molecule has 1 atom stereocenters. The summed E-state index contributed by atoms with van der Waals surface area (Å²) in [4.78, 5) is 0. The van der Waals surface area contributed by atoms with Gasteiger partial charge in [0.05, 0.1) is 0 Å². The summed E-state index contributed by atoms with van der Waals surface area (Å²) in [6.45, 7) is 3.76. The largest absolute Gasteiger partial charge is 0.316 e. The highest BCUT2D eigenvalue weighted by molar-refractivity contribution is 6.31. The molecule has 0 bridgehead atoms. The molecule has 0 aliphatic heterocycles. The third-order valence-electron chi connectivity index (χ3n) is 3.46. The number of benzene rings is 2. The number of halogens is 3. The van der Waals surface area contributed by atoms with Gasteiger partial charge in [0.2, 0.25) is 0 Å². The molecule has 0 radical (unpaired) electrons. The minimum Gasteiger partial charge on any atom is -0.316 e. The van der Waals surface area contributed by atoms with Crippen LogP contribution in [0.1, 0.15) is 24.0 Å². The first-order chi connectivity index (χ1) is 10.1. The van der Waals surface area contributed by atoms with Crippen molar-refractivity contribution in [1.29, 1.82) is 0 Å². The van der Waals surface area contributed by atoms with E-state index in [0.29, 0.717) is 16.5 Å². The third-order valence-corrected chi connectivity index (χ3v) is 4.08. The molecule has 0 fully saturated rings. The van der Waals surface area contributed by atoms with Crippen molar-refractivity contribution in [2.24, 2.45) is 0 Å². The summed E-state index contributed by atoms with van der Waals surface area (Å²) in [5.74, 6) is -0.0331. The molecule has 0 aliphatic rings. The second kappa shape index (κ2) is 7.79. The zero-order valence-electron chi connectivity index (χ0n) is 11.9. The van der Waals surface area contributed by atoms with Gasteiger partial charge >= 0.3 is 0 Å². The molecule has 0 saturated carbocycles. The van der Waals surface area contributed by atoms with Gasteiger partial charge in [-0.1, -0.05) is 42.3 Å². The van der Waals surface area contributed by atoms with E-state index in [1.54, 1.807) is 6.07 Å². The molecule has 0 saturated heterocycles. The first kappa shape index (κ1) is 16.3. The predicted octanol–water partition coefficient (Wildman–Crippen LogP) is 5.07. The van der Waals surface area contributed by atoms with E-state index in [2.05, 4.69) is 12.2 Å². The smallest absolute Gasteiger partial charge is 0.123 e. The third kappa shape index (κ3) is 4.70. The number of hydrogen-bond acceptors (Lipinski definition) is 1. The Balaban J connectivity index is 2.23. The molecule has 0 aliphatic carbocycles. The van der Waals surface area contributed by atoms with E-state index >= 15 is 0 Å². The van der Waals surface area contributed by atoms with E-state index in [1.165, 1.54) is 17.7 Å². The lowest BCUT2D eigenvalue weighted by Crippen LogP contribution is -2.22. The van der Waals surface area contributed by atoms with Crippen molar-refractivity contribution in [3.8, 4) is 0 Å². The number of hydrogen-bond donors (Lipinski definition) is 1. The van der Waals surface area contributed by atoms with Crippen LogP contribution >= 0.6 is 23.2 Å². The fraction of sp³-hybridized carbons (Fsp3) is 0.294. The average molecular weight is 326 g/mol. The van der Waals surface area contributed by atoms with Crippen LogP contribution in [-0.4, -0.2) is 13.1 Å². The quantitative estimate of drug-likeness (QED) is 0.782. The fourth-order valence-electron chi connectivity index (χ4n) is 2.33. The molecule has 112 valence electrons. The zero-order chi connectivity index (χ0) is 15.2. The Morgan fingerprint density at radius 2 is 1.81 bits per heavy atom. The molecule has 0 amide bonds. The number of rotatable bonds is 6. The lowest BCUT2D eigenvalue weighted by Gasteiger charge is -2.19. The first-order valence-electron chi connectivity index (χ1n) is 7.00. The lowest BCUT2D eigenvalue weighted by atomic mass is 9.92. The molecular formula is C17H18Cl2FN. The van der Waals surface area contributed by atoms with Crippen LogP contribution in [0.2, 0.25) is 10.0 Å². The Bertz CT molecular complexity index is 584. The molecule has 2 aromatic rings. The van der Waals surface area contributed by atoms with E-state index in [0.717, 1.165) is 18.7 Å². The van der Waals surface area contributed by atoms with Crippen molar-refractivity contribution < 1.29 is 4.39 Å². The topological polar surface area (TPSA) is 12.0 Å². The van der Waals surface area contributed by atoms with Gasteiger partial charge in [0.25, 0.3) is 0 Å². The SMILES string of the molecule is CCNCC(Cc1cc(F)ccc1Cl)c1ccc(Cl)cc1. The molecule has 2 rings (SSSR count). The highest BCUT2D eigenvalue weighted by Gasteiger charge is 2.14. The molecule has 4 heteroatoms. The summed E-state index contributed by atoms with van der Waals surface area (Å²) in [5, 5.41) is 4.66. The summed E-state index contributed by atoms with van der Waals surface area (Å²) >= 11 is 12.1. The summed E-state index contributed by atoms with van der Waals surface area (Å²) in [7, 11) is 0. The summed E-state index contributed by atoms with van der Waals surface area (Å²) in [5.41, 5.74) is 2.00. The number of nitrogens with one attached hydrogen (secondary N) is 1. The van der Waals surface area contributed by atoms with Crippen molar-refractivity contribution in [1.82, 2.24) is 5.32 Å². The molecule has 0 heterocycles. The van der Waals surface area contributed by atoms with Gasteiger partial charge in [-0.05, 0) is 54.4 Å². The average Bonchev–Trinajstić information content (AvgIpc) is 2.48. The van der Waals surface area contributed by atoms with Crippen molar-refractivity contribution in [3.05, 3.63) is 69.5 Å². The second-order valence-electron chi connectivity index (χ2n) is 5.00. The van der Waals surface area contributed by atoms with Crippen molar-refractivity contribution in [2.45, 2.75) is 19.3 Å². The maximum absolute atomic E-state index is 13.4. The van der Waals surface area contributed by atoms with Gasteiger partial charge < -0.3 is 5.32 Å². The molecule has 1 unspecified atom stereocenters. The Hall–Kier alpha value is -1.09. The normalized spacial score (nSPS) is 12.4. The van der Waals surface area contributed by atoms with Crippen molar-refractivity contribution >= 4 is 23.2 Å². The van der Waals surface area contributed by atoms with Gasteiger partial charge in [0.15, 0.2) is 0 Å². The van der Waals surface area contributed by atoms with Gasteiger partial charge in [-0.3, -0.25) is 0 Å². The molecular weight excluding hydrogens is 308 g/mol. The lowest BCUT2D eigenvalue weighted by molar-refractivity contribution is 0.588. The molecule has 21 heavy (non-hydrogen) atoms. The molecule has 0 aromatic heterocycles. The maximum atomic E-state index is 13.4. The van der Waals surface area contributed by atoms with E-state index in [-0.39, 0.29) is 11.7 Å². The van der Waals surface area contributed by atoms with Gasteiger partial charge in [-0.2, -0.15) is 0 Å². The Morgan fingerprint density at radius 1 is 1.10 bits per heavy atom. The van der Waals surface area contributed by atoms with Crippen LogP contribution in [-0.2, 0) is 6.42 Å². The van der Waals surface area contributed by atoms with Crippen LogP contribution in [0.3, 0.4) is 0 Å². The van der Waals surface area contributed by atoms with E-state index < -0.39 is 0 Å². The fourth-order valence-corrected chi connectivity index (χ4v) is 2.65. The standard InChI is InChI=1S/C17H18Cl2FN/c1-2-21-11-14(12-3-5-15(18)6-4-12)9-13-10-16(20)7-8-17(13)19/h3-8,10,14,21H,2,9,11H2,1H3. The van der Waals surface area contributed by atoms with Gasteiger partial charge in [0.1, 0.15) is 5.82 Å². The predicted molar refractivity (Wildman–Crippen MR) is 87.9 cm³/mol. The van der Waals surface area contributed by atoms with Gasteiger partial charge in [0, 0.05) is 22.5 Å². The summed E-state index contributed by atoms with van der Waals surface area (Å²) in [6, 6.07) is 12.3. The van der Waals surface area contributed by atoms with Crippen LogP contribution in [0, 0.1) is 5.82 Å². The summed E-state index contributed by atoms with van der Waals surface area (Å²) < 4.78 is 13.4. The van der Waals surface area contributed by atoms with Gasteiger partial charge in [-0.25, -0.2) is 4.39 Å². The van der Waals surface area contributed by atoms with Crippen LogP contribution in [0.25, 0.3) is 0 Å². The molecule has 2 aromatic carbocycles. The van der Waals surface area contributed by atoms with Crippen molar-refractivity contribution in [3.63, 3.8) is 0 Å². The summed E-state index contributed by atoms with van der Waals surface area (Å²) in [6.07, 6.45) is 0.686. The van der Waals surface area contributed by atoms with Crippen molar-refractivity contribution in [2.75, 3.05) is 13.1 Å². The monoisotopic (exact) mass is 325 g/mol.